The third kappa shape index (κ3) is 4.07. The van der Waals surface area contributed by atoms with Crippen LogP contribution in [0, 0.1) is 0 Å². The molecule has 0 saturated carbocycles. The van der Waals surface area contributed by atoms with Crippen molar-refractivity contribution < 1.29 is 9.53 Å². The lowest BCUT2D eigenvalue weighted by molar-refractivity contribution is -0.139. The molecule has 1 aromatic carbocycles. The van der Waals surface area contributed by atoms with Crippen LogP contribution in [-0.2, 0) is 11.3 Å². The maximum absolute atomic E-state index is 12.7. The van der Waals surface area contributed by atoms with Crippen LogP contribution in [0.4, 0.5) is 0 Å². The monoisotopic (exact) mass is 398 g/mol. The molecule has 1 aliphatic rings. The van der Waals surface area contributed by atoms with E-state index in [1.54, 1.807) is 23.6 Å². The number of benzene rings is 1. The van der Waals surface area contributed by atoms with Crippen LogP contribution < -0.4 is 10.3 Å². The van der Waals surface area contributed by atoms with Gasteiger partial charge < -0.3 is 9.64 Å². The van der Waals surface area contributed by atoms with Crippen LogP contribution in [0.5, 0.6) is 5.75 Å². The lowest BCUT2D eigenvalue weighted by Gasteiger charge is -2.35. The van der Waals surface area contributed by atoms with Gasteiger partial charge in [-0.25, -0.2) is 4.98 Å². The Kier molecular flexibility index (Phi) is 5.40. The van der Waals surface area contributed by atoms with Crippen LogP contribution in [0.15, 0.2) is 52.8 Å². The minimum atomic E-state index is -0.517. The summed E-state index contributed by atoms with van der Waals surface area (Å²) in [6.45, 7) is 5.17. The van der Waals surface area contributed by atoms with Gasteiger partial charge >= 0.3 is 0 Å². The Hall–Kier alpha value is -2.71. The van der Waals surface area contributed by atoms with E-state index in [0.29, 0.717) is 30.3 Å². The van der Waals surface area contributed by atoms with Crippen molar-refractivity contribution in [3.63, 3.8) is 0 Å². The highest BCUT2D eigenvalue weighted by atomic mass is 32.1. The number of piperazine rings is 1. The summed E-state index contributed by atoms with van der Waals surface area (Å²) in [5.41, 5.74) is 0.718. The van der Waals surface area contributed by atoms with Crippen LogP contribution in [0.1, 0.15) is 12.6 Å². The molecular weight excluding hydrogens is 376 g/mol. The Labute approximate surface area is 166 Å². The molecule has 1 atom stereocenters. The van der Waals surface area contributed by atoms with E-state index in [1.165, 1.54) is 11.3 Å². The second-order valence-electron chi connectivity index (χ2n) is 6.82. The number of aromatic nitrogens is 2. The second kappa shape index (κ2) is 8.12. The Morgan fingerprint density at radius 1 is 1.21 bits per heavy atom. The predicted molar refractivity (Wildman–Crippen MR) is 108 cm³/mol. The number of carbonyl (C=O) groups is 1. The third-order valence-corrected chi connectivity index (χ3v) is 5.59. The van der Waals surface area contributed by atoms with Gasteiger partial charge in [0.2, 0.25) is 0 Å². The second-order valence-corrected chi connectivity index (χ2v) is 7.69. The number of fused-ring (bicyclic) bond motifs is 1. The number of rotatable bonds is 5. The van der Waals surface area contributed by atoms with Crippen LogP contribution in [0.3, 0.4) is 0 Å². The minimum absolute atomic E-state index is 0.000113. The van der Waals surface area contributed by atoms with Gasteiger partial charge in [-0.15, -0.1) is 11.3 Å². The first kappa shape index (κ1) is 18.6. The lowest BCUT2D eigenvalue weighted by Crippen LogP contribution is -2.51. The summed E-state index contributed by atoms with van der Waals surface area (Å²) in [5.74, 6) is 0.697. The van der Waals surface area contributed by atoms with Gasteiger partial charge in [-0.1, -0.05) is 18.2 Å². The van der Waals surface area contributed by atoms with E-state index in [4.69, 9.17) is 4.74 Å². The van der Waals surface area contributed by atoms with E-state index < -0.39 is 6.10 Å². The lowest BCUT2D eigenvalue weighted by atomic mass is 10.2. The van der Waals surface area contributed by atoms with Crippen molar-refractivity contribution in [2.75, 3.05) is 26.2 Å². The van der Waals surface area contributed by atoms with Crippen molar-refractivity contribution in [1.82, 2.24) is 19.2 Å². The number of para-hydroxylation sites is 1. The van der Waals surface area contributed by atoms with Crippen molar-refractivity contribution in [3.05, 3.63) is 64.0 Å². The number of carbonyl (C=O) groups excluding carboxylic acids is 1. The summed E-state index contributed by atoms with van der Waals surface area (Å²) in [6.07, 6.45) is 1.22. The highest BCUT2D eigenvalue weighted by molar-refractivity contribution is 7.15. The Balaban J connectivity index is 1.32. The molecule has 3 aromatic rings. The van der Waals surface area contributed by atoms with Crippen molar-refractivity contribution in [2.24, 2.45) is 0 Å². The summed E-state index contributed by atoms with van der Waals surface area (Å²) in [7, 11) is 0. The fourth-order valence-corrected chi connectivity index (χ4v) is 4.07. The summed E-state index contributed by atoms with van der Waals surface area (Å²) >= 11 is 1.45. The molecule has 2 aromatic heterocycles. The smallest absolute Gasteiger partial charge is 0.263 e. The number of ether oxygens (including phenoxy) is 1. The Bertz CT molecular complexity index is 1010. The van der Waals surface area contributed by atoms with Crippen molar-refractivity contribution >= 4 is 22.2 Å². The topological polar surface area (TPSA) is 67.2 Å². The van der Waals surface area contributed by atoms with Gasteiger partial charge in [-0.3, -0.25) is 18.9 Å². The number of nitrogens with zero attached hydrogens (tertiary/aromatic N) is 4. The van der Waals surface area contributed by atoms with Gasteiger partial charge in [0.25, 0.3) is 11.5 Å². The molecule has 1 fully saturated rings. The highest BCUT2D eigenvalue weighted by Gasteiger charge is 2.26. The molecular formula is C20H22N4O3S. The molecule has 0 bridgehead atoms. The molecule has 0 radical (unpaired) electrons. The van der Waals surface area contributed by atoms with Gasteiger partial charge in [0.15, 0.2) is 11.1 Å². The SMILES string of the molecule is CC(Oc1ccccc1)C(=O)N1CCN(Cc2cc(=O)n3ccsc3n2)CC1. The first-order valence-electron chi connectivity index (χ1n) is 9.29. The summed E-state index contributed by atoms with van der Waals surface area (Å²) in [6, 6.07) is 11.0. The average Bonchev–Trinajstić information content (AvgIpc) is 3.18. The molecule has 8 heteroatoms. The van der Waals surface area contributed by atoms with Crippen LogP contribution in [-0.4, -0.2) is 57.4 Å². The van der Waals surface area contributed by atoms with Crippen molar-refractivity contribution in [1.29, 1.82) is 0 Å². The quantitative estimate of drug-likeness (QED) is 0.656. The van der Waals surface area contributed by atoms with Gasteiger partial charge in [-0.05, 0) is 19.1 Å². The molecule has 0 N–H and O–H groups in total. The molecule has 4 rings (SSSR count). The largest absolute Gasteiger partial charge is 0.481 e. The summed E-state index contributed by atoms with van der Waals surface area (Å²) in [5, 5.41) is 1.86. The fourth-order valence-electron chi connectivity index (χ4n) is 3.34. The summed E-state index contributed by atoms with van der Waals surface area (Å²) in [4.78, 5) is 34.1. The van der Waals surface area contributed by atoms with Crippen LogP contribution in [0.2, 0.25) is 0 Å². The fraction of sp³-hybridized carbons (Fsp3) is 0.350. The molecule has 1 aliphatic heterocycles. The molecule has 0 spiro atoms. The molecule has 28 heavy (non-hydrogen) atoms. The number of hydrogen-bond donors (Lipinski definition) is 0. The zero-order chi connectivity index (χ0) is 19.5. The maximum Gasteiger partial charge on any atom is 0.263 e. The first-order valence-corrected chi connectivity index (χ1v) is 10.2. The average molecular weight is 398 g/mol. The van der Waals surface area contributed by atoms with Crippen LogP contribution >= 0.6 is 11.3 Å². The Morgan fingerprint density at radius 3 is 2.71 bits per heavy atom. The molecule has 0 aliphatic carbocycles. The normalized spacial score (nSPS) is 16.2. The molecule has 1 unspecified atom stereocenters. The molecule has 7 nitrogen and oxygen atoms in total. The molecule has 1 saturated heterocycles. The first-order chi connectivity index (χ1) is 13.6. The van der Waals surface area contributed by atoms with E-state index in [2.05, 4.69) is 9.88 Å². The van der Waals surface area contributed by atoms with E-state index in [0.717, 1.165) is 18.8 Å². The van der Waals surface area contributed by atoms with Gasteiger partial charge in [-0.2, -0.15) is 0 Å². The third-order valence-electron chi connectivity index (χ3n) is 4.83. The highest BCUT2D eigenvalue weighted by Crippen LogP contribution is 2.14. The van der Waals surface area contributed by atoms with Crippen molar-refractivity contribution in [2.45, 2.75) is 19.6 Å². The molecule has 1 amide bonds. The number of amides is 1. The van der Waals surface area contributed by atoms with Gasteiger partial charge in [0.05, 0.1) is 5.69 Å². The number of hydrogen-bond acceptors (Lipinski definition) is 6. The van der Waals surface area contributed by atoms with E-state index >= 15 is 0 Å². The van der Waals surface area contributed by atoms with Crippen LogP contribution in [0.25, 0.3) is 4.96 Å². The molecule has 146 valence electrons. The van der Waals surface area contributed by atoms with Gasteiger partial charge in [0.1, 0.15) is 5.75 Å². The van der Waals surface area contributed by atoms with E-state index in [-0.39, 0.29) is 11.5 Å². The Morgan fingerprint density at radius 2 is 1.96 bits per heavy atom. The predicted octanol–water partition coefficient (Wildman–Crippen LogP) is 1.87. The van der Waals surface area contributed by atoms with E-state index in [9.17, 15) is 9.59 Å². The zero-order valence-corrected chi connectivity index (χ0v) is 16.5. The summed E-state index contributed by atoms with van der Waals surface area (Å²) < 4.78 is 7.30. The maximum atomic E-state index is 12.7. The zero-order valence-electron chi connectivity index (χ0n) is 15.7. The van der Waals surface area contributed by atoms with Gasteiger partial charge in [0, 0.05) is 50.4 Å². The molecule has 3 heterocycles. The minimum Gasteiger partial charge on any atom is -0.481 e. The number of thiazole rings is 1. The van der Waals surface area contributed by atoms with Crippen molar-refractivity contribution in [3.8, 4) is 5.75 Å². The standard InChI is InChI=1S/C20H22N4O3S/c1-15(27-17-5-3-2-4-6-17)19(26)23-9-7-22(8-10-23)14-16-13-18(25)24-11-12-28-20(24)21-16/h2-6,11-13,15H,7-10,14H2,1H3. The van der Waals surface area contributed by atoms with E-state index in [1.807, 2.05) is 40.6 Å².